The van der Waals surface area contributed by atoms with E-state index in [1.807, 2.05) is 13.8 Å². The summed E-state index contributed by atoms with van der Waals surface area (Å²) in [4.78, 5) is 42.2. The molecule has 0 spiro atoms. The molecule has 1 fully saturated rings. The number of carbonyl (C=O) groups excluding carboxylic acids is 3. The van der Waals surface area contributed by atoms with Crippen LogP contribution in [0.3, 0.4) is 0 Å². The van der Waals surface area contributed by atoms with Crippen LogP contribution < -0.4 is 4.90 Å². The predicted molar refractivity (Wildman–Crippen MR) is 102 cm³/mol. The van der Waals surface area contributed by atoms with Crippen LogP contribution in [0.25, 0.3) is 0 Å². The molecular formula is C19H24ClN3O4. The lowest BCUT2D eigenvalue weighted by Crippen LogP contribution is -2.53. The third-order valence-corrected chi connectivity index (χ3v) is 5.39. The number of fused-ring (bicyclic) bond motifs is 1. The Hall–Kier alpha value is -2.28. The maximum absolute atomic E-state index is 12.9. The lowest BCUT2D eigenvalue weighted by atomic mass is 9.86. The summed E-state index contributed by atoms with van der Waals surface area (Å²) in [6.45, 7) is 7.46. The largest absolute Gasteiger partial charge is 0.450 e. The monoisotopic (exact) mass is 393 g/mol. The second-order valence-corrected chi connectivity index (χ2v) is 7.68. The Bertz CT molecular complexity index is 772. The van der Waals surface area contributed by atoms with E-state index in [9.17, 15) is 14.4 Å². The van der Waals surface area contributed by atoms with E-state index in [0.29, 0.717) is 37.8 Å². The molecule has 2 aliphatic rings. The summed E-state index contributed by atoms with van der Waals surface area (Å²) in [5, 5.41) is 0.567. The number of benzene rings is 1. The first-order valence-electron chi connectivity index (χ1n) is 9.07. The maximum atomic E-state index is 12.9. The van der Waals surface area contributed by atoms with Crippen molar-refractivity contribution in [2.45, 2.75) is 26.2 Å². The third-order valence-electron chi connectivity index (χ3n) is 5.15. The summed E-state index contributed by atoms with van der Waals surface area (Å²) in [5.41, 5.74) is 0.844. The standard InChI is InChI=1S/C19H24ClN3O4/c1-4-27-18(26)22-9-7-21(8-10-22)16(24)12-23-15-6-5-13(20)11-14(15)19(2,3)17(23)25/h5-6,11H,4,7-10,12H2,1-3H3. The fourth-order valence-electron chi connectivity index (χ4n) is 3.55. The Morgan fingerprint density at radius 1 is 1.15 bits per heavy atom. The number of hydrogen-bond donors (Lipinski definition) is 0. The number of carbonyl (C=O) groups is 3. The highest BCUT2D eigenvalue weighted by Crippen LogP contribution is 2.42. The minimum atomic E-state index is -0.719. The number of amides is 3. The van der Waals surface area contributed by atoms with Gasteiger partial charge in [0.1, 0.15) is 6.54 Å². The first-order valence-corrected chi connectivity index (χ1v) is 9.45. The Kier molecular flexibility index (Phi) is 5.33. The van der Waals surface area contributed by atoms with Crippen LogP contribution in [-0.4, -0.2) is 67.0 Å². The molecule has 1 aromatic rings. The van der Waals surface area contributed by atoms with Gasteiger partial charge in [-0.3, -0.25) is 9.59 Å². The molecule has 146 valence electrons. The molecule has 7 nitrogen and oxygen atoms in total. The molecule has 3 rings (SSSR count). The van der Waals surface area contributed by atoms with Gasteiger partial charge in [0.25, 0.3) is 0 Å². The Labute approximate surface area is 163 Å². The minimum absolute atomic E-state index is 0.0176. The van der Waals surface area contributed by atoms with Gasteiger partial charge in [0, 0.05) is 36.9 Å². The molecule has 27 heavy (non-hydrogen) atoms. The van der Waals surface area contributed by atoms with Crippen molar-refractivity contribution in [2.75, 3.05) is 44.2 Å². The van der Waals surface area contributed by atoms with E-state index in [0.717, 1.165) is 11.3 Å². The van der Waals surface area contributed by atoms with Crippen LogP contribution in [0.15, 0.2) is 18.2 Å². The smallest absolute Gasteiger partial charge is 0.409 e. The molecule has 0 bridgehead atoms. The van der Waals surface area contributed by atoms with Crippen molar-refractivity contribution in [3.8, 4) is 0 Å². The number of rotatable bonds is 3. The van der Waals surface area contributed by atoms with Gasteiger partial charge in [0.15, 0.2) is 0 Å². The van der Waals surface area contributed by atoms with E-state index in [2.05, 4.69) is 0 Å². The lowest BCUT2D eigenvalue weighted by Gasteiger charge is -2.35. The minimum Gasteiger partial charge on any atom is -0.450 e. The third kappa shape index (κ3) is 3.60. The van der Waals surface area contributed by atoms with Gasteiger partial charge in [-0.25, -0.2) is 4.79 Å². The second-order valence-electron chi connectivity index (χ2n) is 7.24. The fraction of sp³-hybridized carbons (Fsp3) is 0.526. The van der Waals surface area contributed by atoms with Gasteiger partial charge >= 0.3 is 6.09 Å². The molecule has 0 unspecified atom stereocenters. The number of nitrogens with zero attached hydrogens (tertiary/aromatic N) is 3. The van der Waals surface area contributed by atoms with Gasteiger partial charge in [-0.1, -0.05) is 11.6 Å². The van der Waals surface area contributed by atoms with Crippen molar-refractivity contribution in [3.63, 3.8) is 0 Å². The maximum Gasteiger partial charge on any atom is 0.409 e. The van der Waals surface area contributed by atoms with Crippen LogP contribution in [-0.2, 0) is 19.7 Å². The number of anilines is 1. The van der Waals surface area contributed by atoms with Gasteiger partial charge in [-0.05, 0) is 44.5 Å². The van der Waals surface area contributed by atoms with Crippen molar-refractivity contribution in [3.05, 3.63) is 28.8 Å². The first kappa shape index (κ1) is 19.5. The van der Waals surface area contributed by atoms with Crippen LogP contribution >= 0.6 is 11.6 Å². The summed E-state index contributed by atoms with van der Waals surface area (Å²) >= 11 is 6.09. The van der Waals surface area contributed by atoms with Gasteiger partial charge in [0.05, 0.1) is 12.0 Å². The molecule has 0 saturated carbocycles. The highest BCUT2D eigenvalue weighted by Gasteiger charge is 2.45. The number of halogens is 1. The molecule has 8 heteroatoms. The van der Waals surface area contributed by atoms with Crippen molar-refractivity contribution < 1.29 is 19.1 Å². The van der Waals surface area contributed by atoms with E-state index in [1.165, 1.54) is 4.90 Å². The lowest BCUT2D eigenvalue weighted by molar-refractivity contribution is -0.133. The normalized spacial score (nSPS) is 18.5. The SMILES string of the molecule is CCOC(=O)N1CCN(C(=O)CN2C(=O)C(C)(C)c3cc(Cl)ccc32)CC1. The van der Waals surface area contributed by atoms with E-state index in [1.54, 1.807) is 34.9 Å². The van der Waals surface area contributed by atoms with Crippen LogP contribution in [0, 0.1) is 0 Å². The molecule has 0 radical (unpaired) electrons. The van der Waals surface area contributed by atoms with Crippen LogP contribution in [0.1, 0.15) is 26.3 Å². The Balaban J connectivity index is 1.67. The van der Waals surface area contributed by atoms with E-state index < -0.39 is 5.41 Å². The van der Waals surface area contributed by atoms with Gasteiger partial charge < -0.3 is 19.4 Å². The number of hydrogen-bond acceptors (Lipinski definition) is 4. The van der Waals surface area contributed by atoms with E-state index >= 15 is 0 Å². The van der Waals surface area contributed by atoms with E-state index in [4.69, 9.17) is 16.3 Å². The molecule has 2 aliphatic heterocycles. The summed E-state index contributed by atoms with van der Waals surface area (Å²) in [6.07, 6.45) is -0.355. The fourth-order valence-corrected chi connectivity index (χ4v) is 3.72. The average molecular weight is 394 g/mol. The summed E-state index contributed by atoms with van der Waals surface area (Å²) < 4.78 is 4.99. The molecule has 0 N–H and O–H groups in total. The highest BCUT2D eigenvalue weighted by molar-refractivity contribution is 6.31. The van der Waals surface area contributed by atoms with Gasteiger partial charge in [-0.2, -0.15) is 0 Å². The highest BCUT2D eigenvalue weighted by atomic mass is 35.5. The predicted octanol–water partition coefficient (Wildman–Crippen LogP) is 2.26. The molecule has 1 saturated heterocycles. The Morgan fingerprint density at radius 3 is 2.41 bits per heavy atom. The quantitative estimate of drug-likeness (QED) is 0.789. The van der Waals surface area contributed by atoms with Crippen molar-refractivity contribution in [2.24, 2.45) is 0 Å². The summed E-state index contributed by atoms with van der Waals surface area (Å²) in [5.74, 6) is -0.247. The number of piperazine rings is 1. The first-order chi connectivity index (χ1) is 12.8. The molecule has 3 amide bonds. The summed E-state index contributed by atoms with van der Waals surface area (Å²) in [6, 6.07) is 5.30. The van der Waals surface area contributed by atoms with Gasteiger partial charge in [0.2, 0.25) is 11.8 Å². The molecular weight excluding hydrogens is 370 g/mol. The zero-order chi connectivity index (χ0) is 19.8. The molecule has 1 aromatic carbocycles. The number of ether oxygens (including phenoxy) is 1. The molecule has 2 heterocycles. The zero-order valence-electron chi connectivity index (χ0n) is 15.8. The van der Waals surface area contributed by atoms with Gasteiger partial charge in [-0.15, -0.1) is 0 Å². The van der Waals surface area contributed by atoms with E-state index in [-0.39, 0.29) is 24.5 Å². The molecule has 0 aromatic heterocycles. The van der Waals surface area contributed by atoms with Crippen LogP contribution in [0.2, 0.25) is 5.02 Å². The zero-order valence-corrected chi connectivity index (χ0v) is 16.6. The topological polar surface area (TPSA) is 70.2 Å². The summed E-state index contributed by atoms with van der Waals surface area (Å²) in [7, 11) is 0. The van der Waals surface area contributed by atoms with Crippen LogP contribution in [0.4, 0.5) is 10.5 Å². The molecule has 0 aliphatic carbocycles. The molecule has 0 atom stereocenters. The van der Waals surface area contributed by atoms with Crippen molar-refractivity contribution >= 4 is 35.2 Å². The van der Waals surface area contributed by atoms with Crippen molar-refractivity contribution in [1.82, 2.24) is 9.80 Å². The van der Waals surface area contributed by atoms with Crippen LogP contribution in [0.5, 0.6) is 0 Å². The Morgan fingerprint density at radius 2 is 1.78 bits per heavy atom. The average Bonchev–Trinajstić information content (AvgIpc) is 2.82. The van der Waals surface area contributed by atoms with Crippen molar-refractivity contribution in [1.29, 1.82) is 0 Å². The second kappa shape index (κ2) is 7.38.